The summed E-state index contributed by atoms with van der Waals surface area (Å²) in [5, 5.41) is 13.1. The number of aliphatic hydroxyl groups excluding tert-OH is 1. The van der Waals surface area contributed by atoms with E-state index in [4.69, 9.17) is 0 Å². The highest BCUT2D eigenvalue weighted by Crippen LogP contribution is 2.65. The molecule has 216 valence electrons. The molecule has 4 aliphatic carbocycles. The second-order valence-corrected chi connectivity index (χ2v) is 14.6. The Balaban J connectivity index is 1.32. The van der Waals surface area contributed by atoms with Crippen molar-refractivity contribution >= 4 is 0 Å². The van der Waals surface area contributed by atoms with E-state index in [2.05, 4.69) is 149 Å². The van der Waals surface area contributed by atoms with Crippen LogP contribution in [0, 0.1) is 0 Å². The highest BCUT2D eigenvalue weighted by Gasteiger charge is 2.55. The van der Waals surface area contributed by atoms with Crippen LogP contribution in [0.3, 0.4) is 0 Å². The van der Waals surface area contributed by atoms with Crippen molar-refractivity contribution in [3.05, 3.63) is 166 Å². The Morgan fingerprint density at radius 2 is 0.733 bits per heavy atom. The summed E-state index contributed by atoms with van der Waals surface area (Å²) in [6, 6.07) is 44.9. The molecule has 0 aromatic heterocycles. The van der Waals surface area contributed by atoms with Gasteiger partial charge in [0.2, 0.25) is 0 Å². The minimum Gasteiger partial charge on any atom is -0.387 e. The van der Waals surface area contributed by atoms with Gasteiger partial charge in [-0.25, -0.2) is 0 Å². The van der Waals surface area contributed by atoms with Gasteiger partial charge in [0.25, 0.3) is 0 Å². The fraction of sp³-hybridized carbons (Fsp3) is 0.182. The lowest BCUT2D eigenvalue weighted by molar-refractivity contribution is 0.123. The molecule has 0 amide bonds. The normalized spacial score (nSPS) is 21.2. The van der Waals surface area contributed by atoms with Crippen molar-refractivity contribution in [2.24, 2.45) is 0 Å². The van der Waals surface area contributed by atoms with E-state index >= 15 is 0 Å². The van der Waals surface area contributed by atoms with E-state index in [1.807, 2.05) is 0 Å². The fourth-order valence-electron chi connectivity index (χ4n) is 9.75. The Kier molecular flexibility index (Phi) is 4.61. The molecule has 45 heavy (non-hydrogen) atoms. The lowest BCUT2D eigenvalue weighted by Crippen LogP contribution is -2.38. The van der Waals surface area contributed by atoms with Gasteiger partial charge in [0, 0.05) is 10.8 Å². The Bertz CT molecular complexity index is 2300. The number of hydrogen-bond donors (Lipinski definition) is 1. The van der Waals surface area contributed by atoms with Crippen LogP contribution in [0.25, 0.3) is 44.5 Å². The van der Waals surface area contributed by atoms with E-state index in [1.165, 1.54) is 77.9 Å². The SMILES string of the molecule is CC1(C)c2ccccc2-c2cc3c(cc21)-c1ccccc1C1(c2ccccc2-c2cc4c(cc21)-c1ccccc1C4(C)C)C3O. The largest absolute Gasteiger partial charge is 0.387 e. The topological polar surface area (TPSA) is 20.2 Å². The summed E-state index contributed by atoms with van der Waals surface area (Å²) in [4.78, 5) is 0. The molecular weight excluding hydrogens is 544 g/mol. The molecule has 1 heteroatoms. The number of aliphatic hydroxyl groups is 1. The maximum Gasteiger partial charge on any atom is 0.0975 e. The van der Waals surface area contributed by atoms with Gasteiger partial charge in [0.05, 0.1) is 11.5 Å². The van der Waals surface area contributed by atoms with E-state index in [-0.39, 0.29) is 10.8 Å². The van der Waals surface area contributed by atoms with Crippen molar-refractivity contribution in [3.8, 4) is 44.5 Å². The van der Waals surface area contributed by atoms with Crippen LogP contribution < -0.4 is 0 Å². The Hall–Kier alpha value is -4.72. The van der Waals surface area contributed by atoms with E-state index in [9.17, 15) is 5.11 Å². The zero-order valence-electron chi connectivity index (χ0n) is 26.1. The summed E-state index contributed by atoms with van der Waals surface area (Å²) < 4.78 is 0. The highest BCUT2D eigenvalue weighted by atomic mass is 16.3. The first-order valence-corrected chi connectivity index (χ1v) is 16.2. The average molecular weight is 579 g/mol. The van der Waals surface area contributed by atoms with Crippen LogP contribution in [0.1, 0.15) is 78.3 Å². The van der Waals surface area contributed by atoms with Crippen molar-refractivity contribution in [1.29, 1.82) is 0 Å². The molecule has 10 rings (SSSR count). The molecule has 6 aromatic carbocycles. The quantitative estimate of drug-likeness (QED) is 0.190. The number of hydrogen-bond acceptors (Lipinski definition) is 1. The first kappa shape index (κ1) is 25.6. The van der Waals surface area contributed by atoms with Crippen LogP contribution in [0.4, 0.5) is 0 Å². The van der Waals surface area contributed by atoms with Crippen molar-refractivity contribution in [1.82, 2.24) is 0 Å². The van der Waals surface area contributed by atoms with Crippen molar-refractivity contribution in [2.75, 3.05) is 0 Å². The monoisotopic (exact) mass is 578 g/mol. The third-order valence-corrected chi connectivity index (χ3v) is 11.9. The third kappa shape index (κ3) is 2.81. The smallest absolute Gasteiger partial charge is 0.0975 e. The van der Waals surface area contributed by atoms with Crippen LogP contribution >= 0.6 is 0 Å². The van der Waals surface area contributed by atoms with Crippen molar-refractivity contribution in [3.63, 3.8) is 0 Å². The molecule has 0 fully saturated rings. The Labute approximate surface area is 264 Å². The van der Waals surface area contributed by atoms with Gasteiger partial charge in [-0.1, -0.05) is 125 Å². The molecule has 1 spiro atoms. The molecule has 1 nitrogen and oxygen atoms in total. The lowest BCUT2D eigenvalue weighted by atomic mass is 9.60. The molecule has 6 aromatic rings. The molecule has 2 unspecified atom stereocenters. The molecule has 0 bridgehead atoms. The molecule has 0 saturated carbocycles. The summed E-state index contributed by atoms with van der Waals surface area (Å²) in [5.74, 6) is 0. The van der Waals surface area contributed by atoms with Crippen LogP contribution in [-0.2, 0) is 16.2 Å². The maximum absolute atomic E-state index is 13.1. The predicted octanol–water partition coefficient (Wildman–Crippen LogP) is 10.3. The molecule has 4 aliphatic rings. The molecule has 0 radical (unpaired) electrons. The minimum atomic E-state index is -0.756. The average Bonchev–Trinajstić information content (AvgIpc) is 3.57. The van der Waals surface area contributed by atoms with Gasteiger partial charge >= 0.3 is 0 Å². The maximum atomic E-state index is 13.1. The van der Waals surface area contributed by atoms with E-state index in [0.717, 1.165) is 11.1 Å². The Morgan fingerprint density at radius 1 is 0.378 bits per heavy atom. The van der Waals surface area contributed by atoms with E-state index in [1.54, 1.807) is 0 Å². The number of fused-ring (bicyclic) bond motifs is 15. The zero-order chi connectivity index (χ0) is 30.5. The molecule has 0 heterocycles. The summed E-state index contributed by atoms with van der Waals surface area (Å²) >= 11 is 0. The van der Waals surface area contributed by atoms with Gasteiger partial charge in [-0.05, 0) is 113 Å². The molecule has 0 aliphatic heterocycles. The first-order chi connectivity index (χ1) is 21.8. The van der Waals surface area contributed by atoms with Gasteiger partial charge in [-0.15, -0.1) is 0 Å². The summed E-state index contributed by atoms with van der Waals surface area (Å²) in [6.45, 7) is 9.36. The van der Waals surface area contributed by atoms with Gasteiger partial charge in [-0.2, -0.15) is 0 Å². The molecular formula is C44H34O. The van der Waals surface area contributed by atoms with Crippen LogP contribution in [0.15, 0.2) is 121 Å². The third-order valence-electron chi connectivity index (χ3n) is 11.9. The van der Waals surface area contributed by atoms with Crippen molar-refractivity contribution < 1.29 is 5.11 Å². The second-order valence-electron chi connectivity index (χ2n) is 14.6. The minimum absolute atomic E-state index is 0.0951. The van der Waals surface area contributed by atoms with Crippen LogP contribution in [0.5, 0.6) is 0 Å². The lowest BCUT2D eigenvalue weighted by Gasteiger charge is -2.43. The summed E-state index contributed by atoms with van der Waals surface area (Å²) in [5.41, 5.74) is 19.1. The summed E-state index contributed by atoms with van der Waals surface area (Å²) in [7, 11) is 0. The molecule has 2 atom stereocenters. The highest BCUT2D eigenvalue weighted by molar-refractivity contribution is 5.95. The van der Waals surface area contributed by atoms with E-state index in [0.29, 0.717) is 0 Å². The second kappa shape index (κ2) is 8.10. The van der Waals surface area contributed by atoms with Gasteiger partial charge < -0.3 is 5.11 Å². The first-order valence-electron chi connectivity index (χ1n) is 16.2. The fourth-order valence-corrected chi connectivity index (χ4v) is 9.75. The Morgan fingerprint density at radius 3 is 1.27 bits per heavy atom. The number of rotatable bonds is 0. The van der Waals surface area contributed by atoms with Gasteiger partial charge in [0.1, 0.15) is 0 Å². The number of benzene rings is 6. The zero-order valence-corrected chi connectivity index (χ0v) is 26.1. The van der Waals surface area contributed by atoms with E-state index < -0.39 is 11.5 Å². The van der Waals surface area contributed by atoms with Crippen LogP contribution in [-0.4, -0.2) is 5.11 Å². The van der Waals surface area contributed by atoms with Crippen molar-refractivity contribution in [2.45, 2.75) is 50.0 Å². The predicted molar refractivity (Wildman–Crippen MR) is 184 cm³/mol. The molecule has 0 saturated heterocycles. The standard InChI is InChI=1S/C44H34O/c1-42(2)34-17-9-5-14-26(34)30-21-33-29(22-38(30)42)25-13-7-11-19-36(25)44(41(33)45)37-20-12-8-16-28(37)32-23-39-31(24-40(32)44)27-15-6-10-18-35(27)43(39,3)4/h5-24,41,45H,1-4H3. The van der Waals surface area contributed by atoms with Gasteiger partial charge in [0.15, 0.2) is 0 Å². The molecule has 1 N–H and O–H groups in total. The van der Waals surface area contributed by atoms with Crippen LogP contribution in [0.2, 0.25) is 0 Å². The summed E-state index contributed by atoms with van der Waals surface area (Å²) in [6.07, 6.45) is -0.756. The van der Waals surface area contributed by atoms with Gasteiger partial charge in [-0.3, -0.25) is 0 Å².